The molecule has 3 aromatic heterocycles. The number of pyridine rings is 1. The van der Waals surface area contributed by atoms with E-state index >= 15 is 0 Å². The van der Waals surface area contributed by atoms with E-state index in [1.807, 2.05) is 0 Å². The zero-order valence-electron chi connectivity index (χ0n) is 21.2. The second-order valence-electron chi connectivity index (χ2n) is 10.6. The SMILES string of the molecule is Cc1ccnc(NS(=O)(=O)c2ccc(C(=O)c3sc4nc5c(cc4c3N)CC(C(C)(C)C)CC5)cc2)n1. The number of nitrogens with one attached hydrogen (secondary N) is 1. The van der Waals surface area contributed by atoms with E-state index in [1.165, 1.54) is 47.4 Å². The number of carbonyl (C=O) groups is 1. The number of aromatic nitrogens is 3. The highest BCUT2D eigenvalue weighted by Gasteiger charge is 2.30. The van der Waals surface area contributed by atoms with E-state index in [4.69, 9.17) is 10.7 Å². The van der Waals surface area contributed by atoms with Crippen molar-refractivity contribution < 1.29 is 13.2 Å². The summed E-state index contributed by atoms with van der Waals surface area (Å²) in [6.07, 6.45) is 4.46. The van der Waals surface area contributed by atoms with Crippen LogP contribution in [0.15, 0.2) is 47.5 Å². The van der Waals surface area contributed by atoms with Gasteiger partial charge in [0.1, 0.15) is 9.71 Å². The molecule has 0 amide bonds. The van der Waals surface area contributed by atoms with Crippen LogP contribution in [0.25, 0.3) is 10.2 Å². The van der Waals surface area contributed by atoms with Crippen LogP contribution in [0.2, 0.25) is 0 Å². The fourth-order valence-corrected chi connectivity index (χ4v) is 6.70. The van der Waals surface area contributed by atoms with Gasteiger partial charge in [-0.05, 0) is 79.5 Å². The van der Waals surface area contributed by atoms with Crippen molar-refractivity contribution in [2.45, 2.75) is 51.9 Å². The predicted molar refractivity (Wildman–Crippen MR) is 146 cm³/mol. The normalized spacial score (nSPS) is 15.9. The number of sulfonamides is 1. The molecule has 0 bridgehead atoms. The Morgan fingerprint density at radius 2 is 1.86 bits per heavy atom. The quantitative estimate of drug-likeness (QED) is 0.338. The Labute approximate surface area is 220 Å². The average Bonchev–Trinajstić information content (AvgIpc) is 3.16. The van der Waals surface area contributed by atoms with Crippen molar-refractivity contribution >= 4 is 49.0 Å². The molecule has 0 radical (unpaired) electrons. The summed E-state index contributed by atoms with van der Waals surface area (Å²) in [5.41, 5.74) is 10.4. The third kappa shape index (κ3) is 4.95. The van der Waals surface area contributed by atoms with E-state index in [1.54, 1.807) is 13.0 Å². The van der Waals surface area contributed by atoms with Crippen LogP contribution in [0.1, 0.15) is 59.4 Å². The molecule has 1 aromatic carbocycles. The van der Waals surface area contributed by atoms with E-state index in [-0.39, 0.29) is 22.0 Å². The van der Waals surface area contributed by atoms with Gasteiger partial charge in [-0.15, -0.1) is 11.3 Å². The van der Waals surface area contributed by atoms with Gasteiger partial charge < -0.3 is 5.73 Å². The molecule has 0 aliphatic heterocycles. The lowest BCUT2D eigenvalue weighted by Gasteiger charge is -2.34. The molecule has 3 heterocycles. The van der Waals surface area contributed by atoms with Gasteiger partial charge in [-0.2, -0.15) is 0 Å². The van der Waals surface area contributed by atoms with Crippen molar-refractivity contribution in [1.29, 1.82) is 0 Å². The number of thiophene rings is 1. The van der Waals surface area contributed by atoms with Crippen LogP contribution >= 0.6 is 11.3 Å². The highest BCUT2D eigenvalue weighted by Crippen LogP contribution is 2.41. The van der Waals surface area contributed by atoms with E-state index in [9.17, 15) is 13.2 Å². The second kappa shape index (κ2) is 9.18. The lowest BCUT2D eigenvalue weighted by atomic mass is 9.71. The predicted octanol–water partition coefficient (Wildman–Crippen LogP) is 5.16. The minimum absolute atomic E-state index is 0.00112. The Kier molecular flexibility index (Phi) is 6.27. The van der Waals surface area contributed by atoms with Crippen LogP contribution in [0.4, 0.5) is 11.6 Å². The van der Waals surface area contributed by atoms with Gasteiger partial charge >= 0.3 is 0 Å². The third-order valence-corrected chi connectivity index (χ3v) is 9.42. The molecular weight excluding hydrogens is 506 g/mol. The van der Waals surface area contributed by atoms with Gasteiger partial charge in [0.15, 0.2) is 0 Å². The van der Waals surface area contributed by atoms with Crippen molar-refractivity contribution in [3.05, 3.63) is 70.0 Å². The zero-order valence-corrected chi connectivity index (χ0v) is 22.8. The molecule has 192 valence electrons. The fraction of sp³-hybridized carbons (Fsp3) is 0.333. The average molecular weight is 536 g/mol. The number of nitrogens with two attached hydrogens (primary N) is 1. The maximum atomic E-state index is 13.3. The van der Waals surface area contributed by atoms with Gasteiger partial charge in [-0.1, -0.05) is 20.8 Å². The number of carbonyl (C=O) groups excluding carboxylic acids is 1. The lowest BCUT2D eigenvalue weighted by Crippen LogP contribution is -2.27. The number of ketones is 1. The highest BCUT2D eigenvalue weighted by molar-refractivity contribution is 7.92. The van der Waals surface area contributed by atoms with Crippen LogP contribution in [-0.4, -0.2) is 29.2 Å². The lowest BCUT2D eigenvalue weighted by molar-refractivity contribution is 0.104. The summed E-state index contributed by atoms with van der Waals surface area (Å²) in [4.78, 5) is 27.4. The van der Waals surface area contributed by atoms with Gasteiger partial charge in [-0.25, -0.2) is 28.1 Å². The van der Waals surface area contributed by atoms with Crippen LogP contribution < -0.4 is 10.5 Å². The second-order valence-corrected chi connectivity index (χ2v) is 13.3. The molecule has 1 unspecified atom stereocenters. The van der Waals surface area contributed by atoms with Crippen molar-refractivity contribution in [1.82, 2.24) is 15.0 Å². The first kappa shape index (κ1) is 25.3. The van der Waals surface area contributed by atoms with Crippen LogP contribution in [0, 0.1) is 18.3 Å². The van der Waals surface area contributed by atoms with Crippen LogP contribution in [0.5, 0.6) is 0 Å². The van der Waals surface area contributed by atoms with E-state index in [2.05, 4.69) is 41.5 Å². The van der Waals surface area contributed by atoms with Crippen molar-refractivity contribution in [3.8, 4) is 0 Å². The van der Waals surface area contributed by atoms with E-state index < -0.39 is 10.0 Å². The van der Waals surface area contributed by atoms with Crippen LogP contribution in [0.3, 0.4) is 0 Å². The molecule has 10 heteroatoms. The maximum absolute atomic E-state index is 13.3. The van der Waals surface area contributed by atoms with E-state index in [0.717, 1.165) is 35.2 Å². The van der Waals surface area contributed by atoms with Crippen molar-refractivity contribution in [3.63, 3.8) is 0 Å². The number of anilines is 2. The minimum Gasteiger partial charge on any atom is -0.397 e. The molecule has 8 nitrogen and oxygen atoms in total. The monoisotopic (exact) mass is 535 g/mol. The molecule has 37 heavy (non-hydrogen) atoms. The summed E-state index contributed by atoms with van der Waals surface area (Å²) in [6, 6.07) is 9.53. The standard InChI is InChI=1S/C27H29N5O3S2/c1-15-11-12-29-26(30-15)32-37(34,35)19-8-5-16(6-9-19)23(33)24-22(28)20-14-17-13-18(27(2,3)4)7-10-21(17)31-25(20)36-24/h5-6,8-9,11-12,14,18H,7,10,13,28H2,1-4H3,(H,29,30,32). The Balaban J connectivity index is 1.41. The zero-order chi connectivity index (χ0) is 26.5. The number of benzene rings is 1. The molecule has 0 saturated carbocycles. The molecule has 0 spiro atoms. The summed E-state index contributed by atoms with van der Waals surface area (Å²) in [6.45, 7) is 8.56. The number of hydrogen-bond acceptors (Lipinski definition) is 8. The van der Waals surface area contributed by atoms with Gasteiger partial charge in [0, 0.05) is 28.5 Å². The first-order valence-corrected chi connectivity index (χ1v) is 14.4. The Bertz CT molecular complexity index is 1620. The maximum Gasteiger partial charge on any atom is 0.264 e. The first-order valence-electron chi connectivity index (χ1n) is 12.1. The summed E-state index contributed by atoms with van der Waals surface area (Å²) >= 11 is 1.29. The fourth-order valence-electron chi connectivity index (χ4n) is 4.69. The van der Waals surface area contributed by atoms with Crippen molar-refractivity contribution in [2.75, 3.05) is 10.5 Å². The molecule has 4 aromatic rings. The number of fused-ring (bicyclic) bond motifs is 2. The largest absolute Gasteiger partial charge is 0.397 e. The number of hydrogen-bond donors (Lipinski definition) is 2. The molecule has 0 fully saturated rings. The Morgan fingerprint density at radius 3 is 2.54 bits per heavy atom. The number of rotatable bonds is 5. The molecule has 1 aliphatic rings. The van der Waals surface area contributed by atoms with Gasteiger partial charge in [0.25, 0.3) is 10.0 Å². The topological polar surface area (TPSA) is 128 Å². The smallest absolute Gasteiger partial charge is 0.264 e. The molecule has 1 aliphatic carbocycles. The first-order chi connectivity index (χ1) is 17.4. The number of nitrogens with zero attached hydrogens (tertiary/aromatic N) is 3. The third-order valence-electron chi connectivity index (χ3n) is 6.96. The number of aryl methyl sites for hydroxylation is 2. The van der Waals surface area contributed by atoms with Gasteiger partial charge in [0.05, 0.1) is 10.6 Å². The summed E-state index contributed by atoms with van der Waals surface area (Å²) in [5, 5.41) is 0.809. The summed E-state index contributed by atoms with van der Waals surface area (Å²) < 4.78 is 27.8. The highest BCUT2D eigenvalue weighted by atomic mass is 32.2. The molecule has 0 saturated heterocycles. The van der Waals surface area contributed by atoms with E-state index in [0.29, 0.717) is 27.7 Å². The minimum atomic E-state index is -3.91. The van der Waals surface area contributed by atoms with Gasteiger partial charge in [0.2, 0.25) is 11.7 Å². The molecule has 3 N–H and O–H groups in total. The molecule has 5 rings (SSSR count). The van der Waals surface area contributed by atoms with Gasteiger partial charge in [-0.3, -0.25) is 4.79 Å². The Morgan fingerprint density at radius 1 is 1.14 bits per heavy atom. The summed E-state index contributed by atoms with van der Waals surface area (Å²) in [5.74, 6) is 0.300. The molecule has 1 atom stereocenters. The Hall–Kier alpha value is -3.37. The van der Waals surface area contributed by atoms with Crippen LogP contribution in [-0.2, 0) is 22.9 Å². The molecular formula is C27H29N5O3S2. The number of nitrogen functional groups attached to an aromatic ring is 1. The van der Waals surface area contributed by atoms with Crippen molar-refractivity contribution in [2.24, 2.45) is 11.3 Å². The summed E-state index contributed by atoms with van der Waals surface area (Å²) in [7, 11) is -3.91.